The first kappa shape index (κ1) is 11.0. The van der Waals surface area contributed by atoms with Crippen LogP contribution in [0, 0.1) is 6.92 Å². The predicted octanol–water partition coefficient (Wildman–Crippen LogP) is 2.52. The van der Waals surface area contributed by atoms with Crippen molar-refractivity contribution in [2.45, 2.75) is 13.5 Å². The minimum absolute atomic E-state index is 0.171. The topological polar surface area (TPSA) is 79.6 Å². The van der Waals surface area contributed by atoms with Crippen molar-refractivity contribution in [2.24, 2.45) is 0 Å². The average molecular weight is 264 g/mol. The summed E-state index contributed by atoms with van der Waals surface area (Å²) in [5.41, 5.74) is 1.26. The van der Waals surface area contributed by atoms with Crippen molar-refractivity contribution in [3.8, 4) is 0 Å². The summed E-state index contributed by atoms with van der Waals surface area (Å²) in [5, 5.41) is 3.30. The lowest BCUT2D eigenvalue weighted by molar-refractivity contribution is 0.490. The number of hydrogen-bond donors (Lipinski definition) is 2. The molecule has 0 aliphatic carbocycles. The van der Waals surface area contributed by atoms with E-state index in [1.165, 1.54) is 0 Å². The van der Waals surface area contributed by atoms with E-state index in [4.69, 9.17) is 16.0 Å². The summed E-state index contributed by atoms with van der Waals surface area (Å²) in [6, 6.07) is 3.82. The molecule has 0 spiro atoms. The largest absolute Gasteiger partial charge is 0.465 e. The molecule has 18 heavy (non-hydrogen) atoms. The fourth-order valence-electron chi connectivity index (χ4n) is 1.68. The Balaban J connectivity index is 1.87. The second-order valence-electron chi connectivity index (χ2n) is 3.81. The zero-order chi connectivity index (χ0) is 12.5. The molecule has 3 rings (SSSR count). The van der Waals surface area contributed by atoms with Crippen LogP contribution in [0.15, 0.2) is 22.9 Å². The average Bonchev–Trinajstić information content (AvgIpc) is 2.94. The molecule has 0 amide bonds. The molecule has 3 aromatic heterocycles. The molecular weight excluding hydrogens is 254 g/mol. The Morgan fingerprint density at radius 2 is 2.28 bits per heavy atom. The fourth-order valence-corrected chi connectivity index (χ4v) is 1.85. The van der Waals surface area contributed by atoms with Crippen LogP contribution in [0.25, 0.3) is 11.2 Å². The minimum atomic E-state index is 0.171. The van der Waals surface area contributed by atoms with Gasteiger partial charge in [-0.05, 0) is 30.7 Å². The number of anilines is 1. The highest BCUT2D eigenvalue weighted by molar-refractivity contribution is 6.28. The second-order valence-corrected chi connectivity index (χ2v) is 4.14. The highest BCUT2D eigenvalue weighted by Crippen LogP contribution is 2.19. The van der Waals surface area contributed by atoms with Gasteiger partial charge in [-0.2, -0.15) is 9.97 Å². The number of nitrogens with zero attached hydrogens (tertiary/aromatic N) is 3. The first-order valence-corrected chi connectivity index (χ1v) is 5.76. The third-order valence-electron chi connectivity index (χ3n) is 2.48. The van der Waals surface area contributed by atoms with E-state index < -0.39 is 0 Å². The number of hydrogen-bond acceptors (Lipinski definition) is 5. The summed E-state index contributed by atoms with van der Waals surface area (Å²) in [6.07, 6.45) is 1.55. The number of nitrogens with one attached hydrogen (secondary N) is 2. The van der Waals surface area contributed by atoms with Crippen LogP contribution in [0.2, 0.25) is 5.28 Å². The summed E-state index contributed by atoms with van der Waals surface area (Å²) in [5.74, 6) is 2.28. The highest BCUT2D eigenvalue weighted by Gasteiger charge is 2.09. The SMILES string of the molecule is Cc1ccc(CNc2nc(Cl)nc3[nH]cnc23)o1. The molecule has 0 unspecified atom stereocenters. The van der Waals surface area contributed by atoms with Gasteiger partial charge in [0.1, 0.15) is 17.0 Å². The molecule has 0 saturated carbocycles. The number of aryl methyl sites for hydroxylation is 1. The van der Waals surface area contributed by atoms with Gasteiger partial charge in [-0.1, -0.05) is 0 Å². The Hall–Kier alpha value is -2.08. The van der Waals surface area contributed by atoms with E-state index >= 15 is 0 Å². The summed E-state index contributed by atoms with van der Waals surface area (Å²) in [7, 11) is 0. The van der Waals surface area contributed by atoms with Gasteiger partial charge in [0.15, 0.2) is 11.5 Å². The maximum atomic E-state index is 5.83. The second kappa shape index (κ2) is 4.30. The summed E-state index contributed by atoms with van der Waals surface area (Å²) in [6.45, 7) is 2.42. The first-order chi connectivity index (χ1) is 8.72. The number of halogens is 1. The van der Waals surface area contributed by atoms with Gasteiger partial charge in [0.25, 0.3) is 0 Å². The molecule has 3 heterocycles. The Morgan fingerprint density at radius 1 is 1.39 bits per heavy atom. The zero-order valence-corrected chi connectivity index (χ0v) is 10.3. The fraction of sp³-hybridized carbons (Fsp3) is 0.182. The molecule has 0 atom stereocenters. The van der Waals surface area contributed by atoms with Crippen molar-refractivity contribution in [1.29, 1.82) is 0 Å². The maximum Gasteiger partial charge on any atom is 0.226 e. The van der Waals surface area contributed by atoms with E-state index in [1.54, 1.807) is 6.33 Å². The highest BCUT2D eigenvalue weighted by atomic mass is 35.5. The molecule has 3 aromatic rings. The van der Waals surface area contributed by atoms with Gasteiger partial charge in [0.2, 0.25) is 5.28 Å². The summed E-state index contributed by atoms with van der Waals surface area (Å²) >= 11 is 5.83. The molecule has 0 bridgehead atoms. The molecule has 0 aromatic carbocycles. The Labute approximate surface area is 107 Å². The maximum absolute atomic E-state index is 5.83. The number of rotatable bonds is 3. The quantitative estimate of drug-likeness (QED) is 0.710. The van der Waals surface area contributed by atoms with E-state index in [1.807, 2.05) is 19.1 Å². The molecule has 0 fully saturated rings. The smallest absolute Gasteiger partial charge is 0.226 e. The third kappa shape index (κ3) is 2.02. The number of H-pyrrole nitrogens is 1. The standard InChI is InChI=1S/C11H10ClN5O/c1-6-2-3-7(18-6)4-13-9-8-10(15-5-14-8)17-11(12)16-9/h2-3,5H,4H2,1H3,(H2,13,14,15,16,17). The normalized spacial score (nSPS) is 11.0. The lowest BCUT2D eigenvalue weighted by atomic mass is 10.4. The van der Waals surface area contributed by atoms with E-state index in [2.05, 4.69) is 25.3 Å². The molecule has 0 aliphatic rings. The number of aromatic amines is 1. The molecule has 0 saturated heterocycles. The molecular formula is C11H10ClN5O. The number of furan rings is 1. The lowest BCUT2D eigenvalue weighted by Gasteiger charge is -2.04. The van der Waals surface area contributed by atoms with Gasteiger partial charge >= 0.3 is 0 Å². The van der Waals surface area contributed by atoms with Crippen LogP contribution in [0.3, 0.4) is 0 Å². The van der Waals surface area contributed by atoms with E-state index in [0.717, 1.165) is 11.5 Å². The van der Waals surface area contributed by atoms with Crippen molar-refractivity contribution in [3.63, 3.8) is 0 Å². The van der Waals surface area contributed by atoms with Gasteiger partial charge in [-0.3, -0.25) is 0 Å². The van der Waals surface area contributed by atoms with Crippen molar-refractivity contribution in [3.05, 3.63) is 35.3 Å². The Bertz CT molecular complexity index is 690. The van der Waals surface area contributed by atoms with E-state index in [9.17, 15) is 0 Å². The monoisotopic (exact) mass is 263 g/mol. The molecule has 0 aliphatic heterocycles. The molecule has 2 N–H and O–H groups in total. The van der Waals surface area contributed by atoms with Crippen LogP contribution in [-0.4, -0.2) is 19.9 Å². The van der Waals surface area contributed by atoms with Crippen molar-refractivity contribution in [1.82, 2.24) is 19.9 Å². The zero-order valence-electron chi connectivity index (χ0n) is 9.57. The third-order valence-corrected chi connectivity index (χ3v) is 2.65. The first-order valence-electron chi connectivity index (χ1n) is 5.38. The van der Waals surface area contributed by atoms with Gasteiger partial charge < -0.3 is 14.7 Å². The van der Waals surface area contributed by atoms with Gasteiger partial charge in [0.05, 0.1) is 12.9 Å². The number of aromatic nitrogens is 4. The van der Waals surface area contributed by atoms with Gasteiger partial charge in [0, 0.05) is 0 Å². The summed E-state index contributed by atoms with van der Waals surface area (Å²) in [4.78, 5) is 15.2. The minimum Gasteiger partial charge on any atom is -0.465 e. The van der Waals surface area contributed by atoms with Crippen LogP contribution < -0.4 is 5.32 Å². The predicted molar refractivity (Wildman–Crippen MR) is 67.5 cm³/mol. The molecule has 6 nitrogen and oxygen atoms in total. The van der Waals surface area contributed by atoms with Crippen LogP contribution in [0.5, 0.6) is 0 Å². The summed E-state index contributed by atoms with van der Waals surface area (Å²) < 4.78 is 5.46. The van der Waals surface area contributed by atoms with Crippen LogP contribution in [-0.2, 0) is 6.54 Å². The van der Waals surface area contributed by atoms with Crippen molar-refractivity contribution in [2.75, 3.05) is 5.32 Å². The Kier molecular flexibility index (Phi) is 2.64. The van der Waals surface area contributed by atoms with Gasteiger partial charge in [-0.15, -0.1) is 0 Å². The van der Waals surface area contributed by atoms with Crippen LogP contribution in [0.1, 0.15) is 11.5 Å². The molecule has 7 heteroatoms. The van der Waals surface area contributed by atoms with Crippen LogP contribution in [0.4, 0.5) is 5.82 Å². The van der Waals surface area contributed by atoms with Crippen molar-refractivity contribution >= 4 is 28.6 Å². The number of fused-ring (bicyclic) bond motifs is 1. The van der Waals surface area contributed by atoms with Gasteiger partial charge in [-0.25, -0.2) is 4.98 Å². The molecule has 0 radical (unpaired) electrons. The molecule has 92 valence electrons. The van der Waals surface area contributed by atoms with E-state index in [0.29, 0.717) is 23.5 Å². The van der Waals surface area contributed by atoms with Crippen molar-refractivity contribution < 1.29 is 4.42 Å². The van der Waals surface area contributed by atoms with E-state index in [-0.39, 0.29) is 5.28 Å². The Morgan fingerprint density at radius 3 is 3.06 bits per heavy atom. The van der Waals surface area contributed by atoms with Crippen LogP contribution >= 0.6 is 11.6 Å². The number of imidazole rings is 1. The lowest BCUT2D eigenvalue weighted by Crippen LogP contribution is -2.02.